The Balaban J connectivity index is 3.37. The van der Waals surface area contributed by atoms with Crippen LogP contribution in [0.5, 0.6) is 0 Å². The van der Waals surface area contributed by atoms with Gasteiger partial charge in [-0.05, 0) is 25.7 Å². The van der Waals surface area contributed by atoms with E-state index in [1.165, 1.54) is 353 Å². The normalized spacial score (nSPS) is 12.4. The molecule has 0 aliphatic rings. The summed E-state index contributed by atoms with van der Waals surface area (Å²) in [6.45, 7) is 5.01. The van der Waals surface area contributed by atoms with Gasteiger partial charge in [-0.25, -0.2) is 0 Å². The van der Waals surface area contributed by atoms with Gasteiger partial charge in [-0.2, -0.15) is 0 Å². The van der Waals surface area contributed by atoms with Crippen molar-refractivity contribution in [1.82, 2.24) is 5.32 Å². The van der Waals surface area contributed by atoms with E-state index in [9.17, 15) is 19.8 Å². The van der Waals surface area contributed by atoms with Gasteiger partial charge in [-0.3, -0.25) is 9.59 Å². The van der Waals surface area contributed by atoms with Crippen molar-refractivity contribution >= 4 is 11.9 Å². The molecule has 0 saturated carbocycles. The van der Waals surface area contributed by atoms with E-state index in [2.05, 4.69) is 19.2 Å². The molecule has 0 saturated heterocycles. The molecule has 6 heteroatoms. The van der Waals surface area contributed by atoms with E-state index in [0.717, 1.165) is 38.5 Å². The zero-order valence-electron chi connectivity index (χ0n) is 53.4. The molecule has 2 atom stereocenters. The van der Waals surface area contributed by atoms with Crippen LogP contribution in [-0.2, 0) is 14.3 Å². The molecule has 0 aromatic carbocycles. The van der Waals surface area contributed by atoms with Crippen LogP contribution in [0.1, 0.15) is 425 Å². The topological polar surface area (TPSA) is 95.9 Å². The number of aliphatic hydroxyl groups excluding tert-OH is 2. The number of hydrogen-bond donors (Lipinski definition) is 3. The van der Waals surface area contributed by atoms with Crippen LogP contribution < -0.4 is 5.32 Å². The van der Waals surface area contributed by atoms with E-state index in [4.69, 9.17) is 4.74 Å². The average Bonchev–Trinajstić information content (AvgIpc) is 3.44. The smallest absolute Gasteiger partial charge is 0.305 e. The van der Waals surface area contributed by atoms with Crippen molar-refractivity contribution in [1.29, 1.82) is 0 Å². The van der Waals surface area contributed by atoms with Gasteiger partial charge in [-0.15, -0.1) is 0 Å². The Hall–Kier alpha value is -1.14. The zero-order valence-corrected chi connectivity index (χ0v) is 53.4. The molecular weight excluding hydrogens is 959 g/mol. The standard InChI is InChI=1S/C72H143NO5/c1-3-5-7-9-11-13-15-17-19-21-23-24-25-26-29-32-36-40-44-48-52-56-60-64-70(75)69(68-74)73-71(76)65-61-57-53-49-45-41-37-33-30-27-31-35-39-43-47-51-55-59-63-67-78-72(77)66-62-58-54-50-46-42-38-34-28-22-20-18-16-14-12-10-8-6-4-2/h69-70,74-75H,3-68H2,1-2H3,(H,73,76). The van der Waals surface area contributed by atoms with Gasteiger partial charge in [0.05, 0.1) is 25.4 Å². The van der Waals surface area contributed by atoms with Crippen LogP contribution in [0.3, 0.4) is 0 Å². The largest absolute Gasteiger partial charge is 0.466 e. The van der Waals surface area contributed by atoms with E-state index < -0.39 is 12.1 Å². The zero-order chi connectivity index (χ0) is 56.4. The maximum Gasteiger partial charge on any atom is 0.305 e. The summed E-state index contributed by atoms with van der Waals surface area (Å²) in [4.78, 5) is 24.7. The molecule has 0 aromatic rings. The monoisotopic (exact) mass is 1100 g/mol. The Morgan fingerprint density at radius 3 is 0.782 bits per heavy atom. The maximum atomic E-state index is 12.6. The van der Waals surface area contributed by atoms with Crippen LogP contribution >= 0.6 is 0 Å². The second-order valence-corrected chi connectivity index (χ2v) is 25.3. The molecule has 0 bridgehead atoms. The summed E-state index contributed by atoms with van der Waals surface area (Å²) in [5.74, 6) is -0.0160. The number of aliphatic hydroxyl groups is 2. The van der Waals surface area contributed by atoms with Crippen molar-refractivity contribution in [3.05, 3.63) is 0 Å². The molecule has 0 aliphatic carbocycles. The lowest BCUT2D eigenvalue weighted by atomic mass is 10.0. The van der Waals surface area contributed by atoms with Gasteiger partial charge in [0.25, 0.3) is 0 Å². The Kier molecular flexibility index (Phi) is 67.4. The Morgan fingerprint density at radius 1 is 0.308 bits per heavy atom. The molecule has 0 radical (unpaired) electrons. The first-order valence-corrected chi connectivity index (χ1v) is 36.3. The highest BCUT2D eigenvalue weighted by atomic mass is 16.5. The fraction of sp³-hybridized carbons (Fsp3) is 0.972. The first-order chi connectivity index (χ1) is 38.5. The molecule has 78 heavy (non-hydrogen) atoms. The summed E-state index contributed by atoms with van der Waals surface area (Å²) in [5, 5.41) is 23.4. The fourth-order valence-electron chi connectivity index (χ4n) is 11.9. The third-order valence-electron chi connectivity index (χ3n) is 17.4. The predicted octanol–water partition coefficient (Wildman–Crippen LogP) is 23.4. The van der Waals surface area contributed by atoms with E-state index >= 15 is 0 Å². The minimum Gasteiger partial charge on any atom is -0.466 e. The lowest BCUT2D eigenvalue weighted by Gasteiger charge is -2.22. The van der Waals surface area contributed by atoms with Crippen molar-refractivity contribution in [3.8, 4) is 0 Å². The molecule has 3 N–H and O–H groups in total. The summed E-state index contributed by atoms with van der Waals surface area (Å²) < 4.78 is 5.51. The molecule has 0 aromatic heterocycles. The number of unbranched alkanes of at least 4 members (excludes halogenated alkanes) is 58. The van der Waals surface area contributed by atoms with Gasteiger partial charge in [0.1, 0.15) is 0 Å². The second-order valence-electron chi connectivity index (χ2n) is 25.3. The van der Waals surface area contributed by atoms with E-state index in [1.54, 1.807) is 0 Å². The summed E-state index contributed by atoms with van der Waals surface area (Å²) in [7, 11) is 0. The second kappa shape index (κ2) is 68.4. The molecule has 0 spiro atoms. The molecular formula is C72H143NO5. The van der Waals surface area contributed by atoms with Gasteiger partial charge in [0.15, 0.2) is 0 Å². The Morgan fingerprint density at radius 2 is 0.526 bits per heavy atom. The summed E-state index contributed by atoms with van der Waals surface area (Å²) in [6.07, 6.45) is 82.9. The number of nitrogens with one attached hydrogen (secondary N) is 1. The van der Waals surface area contributed by atoms with Gasteiger partial charge >= 0.3 is 5.97 Å². The number of carbonyl (C=O) groups excluding carboxylic acids is 2. The quantitative estimate of drug-likeness (QED) is 0.0417. The number of carbonyl (C=O) groups is 2. The van der Waals surface area contributed by atoms with Crippen molar-refractivity contribution in [2.45, 2.75) is 437 Å². The lowest BCUT2D eigenvalue weighted by molar-refractivity contribution is -0.143. The van der Waals surface area contributed by atoms with Crippen LogP contribution in [0.4, 0.5) is 0 Å². The number of hydrogen-bond acceptors (Lipinski definition) is 5. The SMILES string of the molecule is CCCCCCCCCCCCCCCCCCCCCCCCCC(O)C(CO)NC(=O)CCCCCCCCCCCCCCCCCCCCCOC(=O)CCCCCCCCCCCCCCCCCCCCC. The highest BCUT2D eigenvalue weighted by Crippen LogP contribution is 2.20. The first-order valence-electron chi connectivity index (χ1n) is 36.3. The molecule has 0 rings (SSSR count). The summed E-state index contributed by atoms with van der Waals surface area (Å²) in [5.41, 5.74) is 0. The van der Waals surface area contributed by atoms with E-state index in [1.807, 2.05) is 0 Å². The third kappa shape index (κ3) is 64.0. The summed E-state index contributed by atoms with van der Waals surface area (Å²) >= 11 is 0. The van der Waals surface area contributed by atoms with E-state index in [0.29, 0.717) is 25.9 Å². The molecule has 1 amide bonds. The molecule has 0 aliphatic heterocycles. The van der Waals surface area contributed by atoms with Crippen LogP contribution in [0, 0.1) is 0 Å². The summed E-state index contributed by atoms with van der Waals surface area (Å²) in [6, 6.07) is -0.544. The molecule has 466 valence electrons. The van der Waals surface area contributed by atoms with Gasteiger partial charge in [0, 0.05) is 12.8 Å². The van der Waals surface area contributed by atoms with Crippen molar-refractivity contribution < 1.29 is 24.5 Å². The highest BCUT2D eigenvalue weighted by Gasteiger charge is 2.20. The van der Waals surface area contributed by atoms with Crippen LogP contribution in [0.25, 0.3) is 0 Å². The van der Waals surface area contributed by atoms with Gasteiger partial charge in [0.2, 0.25) is 5.91 Å². The van der Waals surface area contributed by atoms with Crippen molar-refractivity contribution in [2.24, 2.45) is 0 Å². The molecule has 2 unspecified atom stereocenters. The predicted molar refractivity (Wildman–Crippen MR) is 343 cm³/mol. The number of amides is 1. The van der Waals surface area contributed by atoms with Crippen LogP contribution in [0.2, 0.25) is 0 Å². The third-order valence-corrected chi connectivity index (χ3v) is 17.4. The average molecular weight is 1100 g/mol. The van der Waals surface area contributed by atoms with E-state index in [-0.39, 0.29) is 18.5 Å². The number of rotatable bonds is 69. The maximum absolute atomic E-state index is 12.6. The van der Waals surface area contributed by atoms with Crippen LogP contribution in [0.15, 0.2) is 0 Å². The minimum atomic E-state index is -0.667. The van der Waals surface area contributed by atoms with Gasteiger partial charge < -0.3 is 20.3 Å². The number of esters is 1. The van der Waals surface area contributed by atoms with Crippen molar-refractivity contribution in [3.63, 3.8) is 0 Å². The number of ether oxygens (including phenoxy) is 1. The molecule has 6 nitrogen and oxygen atoms in total. The molecule has 0 fully saturated rings. The minimum absolute atomic E-state index is 0.0157. The highest BCUT2D eigenvalue weighted by molar-refractivity contribution is 5.76. The first kappa shape index (κ1) is 76.9. The van der Waals surface area contributed by atoms with Crippen LogP contribution in [-0.4, -0.2) is 47.4 Å². The van der Waals surface area contributed by atoms with Gasteiger partial charge in [-0.1, -0.05) is 386 Å². The molecule has 0 heterocycles. The lowest BCUT2D eigenvalue weighted by Crippen LogP contribution is -2.45. The Bertz CT molecular complexity index is 1130. The Labute approximate surface area is 489 Å². The fourth-order valence-corrected chi connectivity index (χ4v) is 11.9. The van der Waals surface area contributed by atoms with Crippen molar-refractivity contribution in [2.75, 3.05) is 13.2 Å².